The highest BCUT2D eigenvalue weighted by Crippen LogP contribution is 2.30. The Labute approximate surface area is 125 Å². The highest BCUT2D eigenvalue weighted by Gasteiger charge is 2.09. The second kappa shape index (κ2) is 6.33. The van der Waals surface area contributed by atoms with Gasteiger partial charge in [-0.3, -0.25) is 4.79 Å². The third-order valence-electron chi connectivity index (χ3n) is 2.44. The monoisotopic (exact) mass is 312 g/mol. The molecule has 0 heterocycles. The molecule has 0 unspecified atom stereocenters. The first-order valence-corrected chi connectivity index (χ1v) is 7.20. The first-order chi connectivity index (χ1) is 9.06. The summed E-state index contributed by atoms with van der Waals surface area (Å²) in [5, 5.41) is 10.3. The van der Waals surface area contributed by atoms with Gasteiger partial charge in [0.1, 0.15) is 5.75 Å². The van der Waals surface area contributed by atoms with E-state index in [0.29, 0.717) is 15.6 Å². The summed E-state index contributed by atoms with van der Waals surface area (Å²) in [5.74, 6) is 0.383. The summed E-state index contributed by atoms with van der Waals surface area (Å²) in [4.78, 5) is 12.7. The normalized spacial score (nSPS) is 10.4. The minimum absolute atomic E-state index is 0.0268. The molecule has 5 heteroatoms. The number of Topliss-reactive ketones (excluding diaryl/α,β-unsaturated/α-hetero) is 1. The summed E-state index contributed by atoms with van der Waals surface area (Å²) in [6.45, 7) is 0. The van der Waals surface area contributed by atoms with Crippen LogP contribution in [-0.4, -0.2) is 16.6 Å². The van der Waals surface area contributed by atoms with Crippen molar-refractivity contribution in [3.05, 3.63) is 58.1 Å². The van der Waals surface area contributed by atoms with E-state index < -0.39 is 0 Å². The maximum absolute atomic E-state index is 11.9. The van der Waals surface area contributed by atoms with Gasteiger partial charge in [0.25, 0.3) is 0 Å². The van der Waals surface area contributed by atoms with Crippen LogP contribution in [0.2, 0.25) is 10.0 Å². The van der Waals surface area contributed by atoms with Crippen molar-refractivity contribution < 1.29 is 9.90 Å². The van der Waals surface area contributed by atoms with E-state index in [2.05, 4.69) is 0 Å². The van der Waals surface area contributed by atoms with Crippen molar-refractivity contribution in [3.63, 3.8) is 0 Å². The first-order valence-electron chi connectivity index (χ1n) is 5.46. The number of hydrogen-bond acceptors (Lipinski definition) is 3. The van der Waals surface area contributed by atoms with Crippen molar-refractivity contribution in [1.29, 1.82) is 0 Å². The molecule has 2 aromatic carbocycles. The third kappa shape index (κ3) is 3.90. The summed E-state index contributed by atoms with van der Waals surface area (Å²) in [7, 11) is 0. The lowest BCUT2D eigenvalue weighted by molar-refractivity contribution is 0.102. The van der Waals surface area contributed by atoms with Gasteiger partial charge in [0, 0.05) is 15.5 Å². The lowest BCUT2D eigenvalue weighted by Crippen LogP contribution is -2.01. The van der Waals surface area contributed by atoms with Crippen LogP contribution in [0.1, 0.15) is 10.4 Å². The second-order valence-corrected chi connectivity index (χ2v) is 5.69. The fourth-order valence-corrected chi connectivity index (χ4v) is 2.85. The molecule has 0 amide bonds. The lowest BCUT2D eigenvalue weighted by Gasteiger charge is -2.04. The number of benzene rings is 2. The predicted molar refractivity (Wildman–Crippen MR) is 79.6 cm³/mol. The molecule has 0 atom stereocenters. The van der Waals surface area contributed by atoms with E-state index in [1.807, 2.05) is 0 Å². The van der Waals surface area contributed by atoms with Crippen LogP contribution in [0.3, 0.4) is 0 Å². The molecule has 2 nitrogen and oxygen atoms in total. The molecule has 2 rings (SSSR count). The fourth-order valence-electron chi connectivity index (χ4n) is 1.46. The van der Waals surface area contributed by atoms with E-state index >= 15 is 0 Å². The first kappa shape index (κ1) is 14.3. The molecule has 0 aliphatic rings. The van der Waals surface area contributed by atoms with Crippen LogP contribution in [0.15, 0.2) is 47.4 Å². The summed E-state index contributed by atoms with van der Waals surface area (Å²) in [6.07, 6.45) is 0. The number of phenols is 1. The Balaban J connectivity index is 2.04. The van der Waals surface area contributed by atoms with Crippen molar-refractivity contribution in [2.45, 2.75) is 4.90 Å². The van der Waals surface area contributed by atoms with E-state index in [9.17, 15) is 4.79 Å². The van der Waals surface area contributed by atoms with Crippen LogP contribution in [0, 0.1) is 0 Å². The number of ketones is 1. The smallest absolute Gasteiger partial charge is 0.173 e. The number of thioether (sulfide) groups is 1. The average molecular weight is 313 g/mol. The molecule has 98 valence electrons. The van der Waals surface area contributed by atoms with Crippen LogP contribution in [0.25, 0.3) is 0 Å². The van der Waals surface area contributed by atoms with Gasteiger partial charge in [0.05, 0.1) is 10.8 Å². The summed E-state index contributed by atoms with van der Waals surface area (Å²) in [5.41, 5.74) is 0.559. The molecule has 0 radical (unpaired) electrons. The van der Waals surface area contributed by atoms with Gasteiger partial charge in [-0.1, -0.05) is 23.2 Å². The zero-order valence-electron chi connectivity index (χ0n) is 9.77. The highest BCUT2D eigenvalue weighted by atomic mass is 35.5. The Kier molecular flexibility index (Phi) is 4.75. The number of hydrogen-bond donors (Lipinski definition) is 1. The molecule has 0 saturated carbocycles. The molecular weight excluding hydrogens is 303 g/mol. The van der Waals surface area contributed by atoms with E-state index in [1.54, 1.807) is 30.3 Å². The summed E-state index contributed by atoms with van der Waals surface area (Å²) < 4.78 is 0. The number of carbonyl (C=O) groups is 1. The number of phenolic OH excluding ortho intramolecular Hbond substituents is 1. The Morgan fingerprint density at radius 1 is 1.11 bits per heavy atom. The van der Waals surface area contributed by atoms with Crippen LogP contribution < -0.4 is 0 Å². The van der Waals surface area contributed by atoms with E-state index in [0.717, 1.165) is 4.90 Å². The van der Waals surface area contributed by atoms with E-state index in [1.165, 1.54) is 23.9 Å². The molecule has 1 N–H and O–H groups in total. The molecule has 0 spiro atoms. The number of halogens is 2. The zero-order chi connectivity index (χ0) is 13.8. The minimum atomic E-state index is -0.0268. The molecule has 0 bridgehead atoms. The van der Waals surface area contributed by atoms with Gasteiger partial charge in [-0.25, -0.2) is 0 Å². The molecule has 0 aliphatic heterocycles. The molecule has 2 aromatic rings. The van der Waals surface area contributed by atoms with Crippen molar-refractivity contribution in [2.24, 2.45) is 0 Å². The van der Waals surface area contributed by atoms with Gasteiger partial charge in [-0.05, 0) is 42.5 Å². The van der Waals surface area contributed by atoms with Crippen molar-refractivity contribution in [1.82, 2.24) is 0 Å². The Morgan fingerprint density at radius 2 is 1.79 bits per heavy atom. The zero-order valence-corrected chi connectivity index (χ0v) is 12.1. The predicted octanol–water partition coefficient (Wildman–Crippen LogP) is 4.67. The molecule has 0 aliphatic carbocycles. The molecular formula is C14H10Cl2O2S. The van der Waals surface area contributed by atoms with Crippen LogP contribution in [0.5, 0.6) is 5.75 Å². The van der Waals surface area contributed by atoms with Gasteiger partial charge >= 0.3 is 0 Å². The molecule has 0 saturated heterocycles. The summed E-state index contributed by atoms with van der Waals surface area (Å²) >= 11 is 13.2. The number of carbonyl (C=O) groups excluding carboxylic acids is 1. The van der Waals surface area contributed by atoms with Gasteiger partial charge < -0.3 is 5.11 Å². The standard InChI is InChI=1S/C14H10Cl2O2S/c15-10-3-6-12(16)14(7-10)19-8-13(18)9-1-4-11(17)5-2-9/h1-7,17H,8H2. The lowest BCUT2D eigenvalue weighted by atomic mass is 10.1. The highest BCUT2D eigenvalue weighted by molar-refractivity contribution is 8.00. The van der Waals surface area contributed by atoms with Crippen molar-refractivity contribution in [3.8, 4) is 5.75 Å². The SMILES string of the molecule is O=C(CSc1cc(Cl)ccc1Cl)c1ccc(O)cc1. The van der Waals surface area contributed by atoms with Crippen molar-refractivity contribution in [2.75, 3.05) is 5.75 Å². The average Bonchev–Trinajstić information content (AvgIpc) is 2.40. The van der Waals surface area contributed by atoms with Gasteiger partial charge in [-0.2, -0.15) is 0 Å². The van der Waals surface area contributed by atoms with Gasteiger partial charge in [0.2, 0.25) is 0 Å². The molecule has 19 heavy (non-hydrogen) atoms. The minimum Gasteiger partial charge on any atom is -0.508 e. The number of rotatable bonds is 4. The maximum atomic E-state index is 11.9. The van der Waals surface area contributed by atoms with Crippen LogP contribution in [-0.2, 0) is 0 Å². The van der Waals surface area contributed by atoms with Gasteiger partial charge in [-0.15, -0.1) is 11.8 Å². The Hall–Kier alpha value is -1.16. The second-order valence-electron chi connectivity index (χ2n) is 3.83. The van der Waals surface area contributed by atoms with E-state index in [-0.39, 0.29) is 17.3 Å². The number of aromatic hydroxyl groups is 1. The van der Waals surface area contributed by atoms with Gasteiger partial charge in [0.15, 0.2) is 5.78 Å². The largest absolute Gasteiger partial charge is 0.508 e. The van der Waals surface area contributed by atoms with Crippen LogP contribution in [0.4, 0.5) is 0 Å². The Bertz CT molecular complexity index is 597. The van der Waals surface area contributed by atoms with E-state index in [4.69, 9.17) is 28.3 Å². The fraction of sp³-hybridized carbons (Fsp3) is 0.0714. The maximum Gasteiger partial charge on any atom is 0.173 e. The Morgan fingerprint density at radius 3 is 2.47 bits per heavy atom. The molecule has 0 aromatic heterocycles. The topological polar surface area (TPSA) is 37.3 Å². The summed E-state index contributed by atoms with van der Waals surface area (Å²) in [6, 6.07) is 11.3. The molecule has 0 fully saturated rings. The van der Waals surface area contributed by atoms with Crippen molar-refractivity contribution >= 4 is 40.7 Å². The third-order valence-corrected chi connectivity index (χ3v) is 4.17. The van der Waals surface area contributed by atoms with Crippen LogP contribution >= 0.6 is 35.0 Å². The quantitative estimate of drug-likeness (QED) is 0.658.